The smallest absolute Gasteiger partial charge is 0.391 e. The van der Waals surface area contributed by atoms with Gasteiger partial charge in [0.25, 0.3) is 5.91 Å². The second kappa shape index (κ2) is 8.00. The third-order valence-electron chi connectivity index (χ3n) is 3.91. The Hall–Kier alpha value is -1.57. The molecule has 2 rings (SSSR count). The number of carbonyl (C=O) groups excluding carboxylic acids is 1. The van der Waals surface area contributed by atoms with Crippen LogP contribution in [0.3, 0.4) is 0 Å². The van der Waals surface area contributed by atoms with E-state index in [9.17, 15) is 22.4 Å². The molecule has 0 spiro atoms. The zero-order valence-corrected chi connectivity index (χ0v) is 13.5. The predicted molar refractivity (Wildman–Crippen MR) is 80.0 cm³/mol. The number of carbonyl (C=O) groups is 1. The maximum absolute atomic E-state index is 12.6. The molecule has 1 saturated carbocycles. The van der Waals surface area contributed by atoms with Crippen molar-refractivity contribution in [3.8, 4) is 5.88 Å². The summed E-state index contributed by atoms with van der Waals surface area (Å²) in [6.07, 6.45) is -3.73. The first kappa shape index (κ1) is 18.8. The molecule has 1 aliphatic rings. The summed E-state index contributed by atoms with van der Waals surface area (Å²) in [5, 5.41) is 2.77. The normalized spacial score (nSPS) is 21.4. The van der Waals surface area contributed by atoms with Crippen molar-refractivity contribution in [2.24, 2.45) is 5.92 Å². The highest BCUT2D eigenvalue weighted by molar-refractivity contribution is 6.29. The molecule has 0 saturated heterocycles. The second-order valence-electron chi connectivity index (χ2n) is 5.59. The van der Waals surface area contributed by atoms with Crippen molar-refractivity contribution in [3.63, 3.8) is 0 Å². The zero-order chi connectivity index (χ0) is 17.7. The van der Waals surface area contributed by atoms with E-state index in [0.29, 0.717) is 0 Å². The van der Waals surface area contributed by atoms with E-state index >= 15 is 0 Å². The maximum Gasteiger partial charge on any atom is 0.391 e. The number of rotatable bonds is 5. The Labute approximate surface area is 141 Å². The van der Waals surface area contributed by atoms with Crippen molar-refractivity contribution in [1.29, 1.82) is 0 Å². The van der Waals surface area contributed by atoms with Gasteiger partial charge in [0.2, 0.25) is 5.88 Å². The number of alkyl halides is 4. The van der Waals surface area contributed by atoms with Crippen molar-refractivity contribution < 1.29 is 27.1 Å². The number of nitrogens with one attached hydrogen (secondary N) is 1. The molecule has 0 aromatic carbocycles. The molecule has 1 amide bonds. The van der Waals surface area contributed by atoms with Gasteiger partial charge in [-0.3, -0.25) is 4.79 Å². The molecule has 134 valence electrons. The van der Waals surface area contributed by atoms with Gasteiger partial charge in [-0.25, -0.2) is 9.37 Å². The third kappa shape index (κ3) is 4.96. The monoisotopic (exact) mass is 368 g/mol. The lowest BCUT2D eigenvalue weighted by Crippen LogP contribution is -2.40. The summed E-state index contributed by atoms with van der Waals surface area (Å²) in [6, 6.07) is 2.43. The molecular formula is C15H17ClF4N2O2. The average Bonchev–Trinajstić information content (AvgIpc) is 2.52. The van der Waals surface area contributed by atoms with Crippen LogP contribution in [0.4, 0.5) is 17.6 Å². The summed E-state index contributed by atoms with van der Waals surface area (Å²) < 4.78 is 55.2. The molecule has 1 aliphatic carbocycles. The summed E-state index contributed by atoms with van der Waals surface area (Å²) in [6.45, 7) is -1.03. The van der Waals surface area contributed by atoms with E-state index in [2.05, 4.69) is 10.3 Å². The molecule has 0 aliphatic heterocycles. The number of pyridine rings is 1. The van der Waals surface area contributed by atoms with E-state index < -0.39 is 24.7 Å². The van der Waals surface area contributed by atoms with Crippen molar-refractivity contribution in [2.45, 2.75) is 37.9 Å². The quantitative estimate of drug-likeness (QED) is 0.632. The van der Waals surface area contributed by atoms with Gasteiger partial charge in [-0.15, -0.1) is 0 Å². The predicted octanol–water partition coefficient (Wildman–Crippen LogP) is 3.93. The summed E-state index contributed by atoms with van der Waals surface area (Å²) in [4.78, 5) is 16.1. The van der Waals surface area contributed by atoms with Gasteiger partial charge in [0.15, 0.2) is 0 Å². The van der Waals surface area contributed by atoms with E-state index in [1.165, 1.54) is 12.1 Å². The van der Waals surface area contributed by atoms with Gasteiger partial charge in [0.1, 0.15) is 24.0 Å². The Morgan fingerprint density at radius 1 is 1.29 bits per heavy atom. The Bertz CT molecular complexity index is 575. The fourth-order valence-electron chi connectivity index (χ4n) is 2.66. The molecule has 0 unspecified atom stereocenters. The molecule has 0 radical (unpaired) electrons. The number of nitrogens with zero attached hydrogens (tertiary/aromatic N) is 1. The van der Waals surface area contributed by atoms with E-state index in [0.717, 1.165) is 0 Å². The summed E-state index contributed by atoms with van der Waals surface area (Å²) in [7, 11) is 0. The summed E-state index contributed by atoms with van der Waals surface area (Å²) in [5.74, 6) is -1.93. The van der Waals surface area contributed by atoms with E-state index in [4.69, 9.17) is 16.3 Å². The number of aromatic nitrogens is 1. The van der Waals surface area contributed by atoms with Gasteiger partial charge in [0, 0.05) is 6.04 Å². The number of amides is 1. The first-order chi connectivity index (χ1) is 11.3. The standard InChI is InChI=1S/C15H17ClF4N2O2/c16-12-6-5-11(14(22-12)24-8-7-17)13(23)21-10-3-1-9(2-4-10)15(18,19)20/h5-6,9-10H,1-4,7-8H2,(H,21,23)/t9-,10-. The maximum atomic E-state index is 12.6. The lowest BCUT2D eigenvalue weighted by molar-refractivity contribution is -0.182. The highest BCUT2D eigenvalue weighted by Crippen LogP contribution is 2.37. The van der Waals surface area contributed by atoms with Crippen LogP contribution in [0.1, 0.15) is 36.0 Å². The van der Waals surface area contributed by atoms with Crippen LogP contribution in [0.5, 0.6) is 5.88 Å². The molecule has 1 heterocycles. The fourth-order valence-corrected chi connectivity index (χ4v) is 2.80. The summed E-state index contributed by atoms with van der Waals surface area (Å²) in [5.41, 5.74) is 0.0748. The molecule has 1 fully saturated rings. The Kier molecular flexibility index (Phi) is 6.26. The van der Waals surface area contributed by atoms with E-state index in [1.54, 1.807) is 0 Å². The third-order valence-corrected chi connectivity index (χ3v) is 4.12. The highest BCUT2D eigenvalue weighted by atomic mass is 35.5. The summed E-state index contributed by atoms with van der Waals surface area (Å²) >= 11 is 5.73. The van der Waals surface area contributed by atoms with Crippen LogP contribution in [0.2, 0.25) is 5.15 Å². The first-order valence-corrected chi connectivity index (χ1v) is 7.92. The number of hydrogen-bond donors (Lipinski definition) is 1. The topological polar surface area (TPSA) is 51.2 Å². The van der Waals surface area contributed by atoms with Crippen LogP contribution in [-0.2, 0) is 0 Å². The van der Waals surface area contributed by atoms with Gasteiger partial charge < -0.3 is 10.1 Å². The molecule has 4 nitrogen and oxygen atoms in total. The lowest BCUT2D eigenvalue weighted by atomic mass is 9.85. The molecular weight excluding hydrogens is 352 g/mol. The molecule has 9 heteroatoms. The molecule has 0 atom stereocenters. The minimum atomic E-state index is -4.19. The van der Waals surface area contributed by atoms with Gasteiger partial charge in [-0.2, -0.15) is 13.2 Å². The van der Waals surface area contributed by atoms with E-state index in [-0.39, 0.29) is 54.9 Å². The SMILES string of the molecule is O=C(N[C@H]1CC[C@H](C(F)(F)F)CC1)c1ccc(Cl)nc1OCCF. The van der Waals surface area contributed by atoms with E-state index in [1.807, 2.05) is 0 Å². The Morgan fingerprint density at radius 3 is 2.54 bits per heavy atom. The fraction of sp³-hybridized carbons (Fsp3) is 0.600. The van der Waals surface area contributed by atoms with Crippen LogP contribution in [0.15, 0.2) is 12.1 Å². The Morgan fingerprint density at radius 2 is 1.96 bits per heavy atom. The number of ether oxygens (including phenoxy) is 1. The van der Waals surface area contributed by atoms with Crippen molar-refractivity contribution >= 4 is 17.5 Å². The van der Waals surface area contributed by atoms with Crippen LogP contribution >= 0.6 is 11.6 Å². The minimum Gasteiger partial charge on any atom is -0.474 e. The molecule has 24 heavy (non-hydrogen) atoms. The molecule has 1 aromatic heterocycles. The highest BCUT2D eigenvalue weighted by Gasteiger charge is 2.41. The second-order valence-corrected chi connectivity index (χ2v) is 5.98. The average molecular weight is 369 g/mol. The number of halogens is 5. The lowest BCUT2D eigenvalue weighted by Gasteiger charge is -2.30. The van der Waals surface area contributed by atoms with Crippen LogP contribution in [0, 0.1) is 5.92 Å². The van der Waals surface area contributed by atoms with Crippen LogP contribution in [-0.4, -0.2) is 36.4 Å². The zero-order valence-electron chi connectivity index (χ0n) is 12.7. The van der Waals surface area contributed by atoms with Crippen molar-refractivity contribution in [1.82, 2.24) is 10.3 Å². The van der Waals surface area contributed by atoms with Crippen LogP contribution < -0.4 is 10.1 Å². The molecule has 0 bridgehead atoms. The van der Waals surface area contributed by atoms with Gasteiger partial charge >= 0.3 is 6.18 Å². The first-order valence-electron chi connectivity index (χ1n) is 7.54. The minimum absolute atomic E-state index is 0.0154. The molecule has 1 N–H and O–H groups in total. The van der Waals surface area contributed by atoms with Gasteiger partial charge in [0.05, 0.1) is 5.92 Å². The van der Waals surface area contributed by atoms with Gasteiger partial charge in [-0.1, -0.05) is 11.6 Å². The van der Waals surface area contributed by atoms with Crippen molar-refractivity contribution in [3.05, 3.63) is 22.8 Å². The molecule has 1 aromatic rings. The van der Waals surface area contributed by atoms with Crippen molar-refractivity contribution in [2.75, 3.05) is 13.3 Å². The largest absolute Gasteiger partial charge is 0.474 e. The van der Waals surface area contributed by atoms with Gasteiger partial charge in [-0.05, 0) is 37.8 Å². The Balaban J connectivity index is 1.98. The number of hydrogen-bond acceptors (Lipinski definition) is 3. The van der Waals surface area contributed by atoms with Crippen LogP contribution in [0.25, 0.3) is 0 Å².